The van der Waals surface area contributed by atoms with E-state index >= 15 is 0 Å². The summed E-state index contributed by atoms with van der Waals surface area (Å²) in [6.07, 6.45) is 0. The predicted octanol–water partition coefficient (Wildman–Crippen LogP) is 2.07. The number of hydrogen-bond acceptors (Lipinski definition) is 3. The molecule has 0 atom stereocenters. The van der Waals surface area contributed by atoms with E-state index in [0.29, 0.717) is 6.54 Å². The van der Waals surface area contributed by atoms with Gasteiger partial charge in [0.1, 0.15) is 0 Å². The van der Waals surface area contributed by atoms with Crippen LogP contribution < -0.4 is 15.4 Å². The van der Waals surface area contributed by atoms with Crippen molar-refractivity contribution >= 4 is 40.0 Å². The monoisotopic (exact) mass is 454 g/mol. The van der Waals surface area contributed by atoms with Crippen LogP contribution in [-0.4, -0.2) is 33.5 Å². The summed E-state index contributed by atoms with van der Waals surface area (Å²) in [6.45, 7) is 9.47. The first-order valence-electron chi connectivity index (χ1n) is 7.27. The molecule has 1 aromatic rings. The molecule has 8 heteroatoms. The Morgan fingerprint density at radius 2 is 1.74 bits per heavy atom. The summed E-state index contributed by atoms with van der Waals surface area (Å²) in [5.74, 6) is 0.738. The van der Waals surface area contributed by atoms with Crippen LogP contribution in [0.5, 0.6) is 0 Å². The Hall–Kier alpha value is -0.870. The summed E-state index contributed by atoms with van der Waals surface area (Å²) >= 11 is 0. The van der Waals surface area contributed by atoms with Gasteiger partial charge in [0.25, 0.3) is 0 Å². The van der Waals surface area contributed by atoms with Gasteiger partial charge in [0.15, 0.2) is 5.96 Å². The van der Waals surface area contributed by atoms with Crippen LogP contribution in [0.25, 0.3) is 0 Å². The molecule has 1 aromatic carbocycles. The lowest BCUT2D eigenvalue weighted by Gasteiger charge is -2.23. The van der Waals surface area contributed by atoms with E-state index in [1.807, 2.05) is 6.92 Å². The first-order valence-corrected chi connectivity index (χ1v) is 8.75. The molecule has 0 radical (unpaired) electrons. The fraction of sp³-hybridized carbons (Fsp3) is 0.533. The minimum absolute atomic E-state index is 0. The van der Waals surface area contributed by atoms with Gasteiger partial charge in [-0.25, -0.2) is 18.1 Å². The molecule has 23 heavy (non-hydrogen) atoms. The van der Waals surface area contributed by atoms with Crippen molar-refractivity contribution in [1.29, 1.82) is 0 Å². The second-order valence-electron chi connectivity index (χ2n) is 5.92. The molecule has 1 rings (SSSR count). The van der Waals surface area contributed by atoms with Gasteiger partial charge in [0, 0.05) is 12.1 Å². The van der Waals surface area contributed by atoms with Gasteiger partial charge in [-0.1, -0.05) is 12.1 Å². The van der Waals surface area contributed by atoms with Gasteiger partial charge in [-0.2, -0.15) is 0 Å². The van der Waals surface area contributed by atoms with Gasteiger partial charge >= 0.3 is 0 Å². The number of nitrogens with zero attached hydrogens (tertiary/aromatic N) is 1. The van der Waals surface area contributed by atoms with Crippen molar-refractivity contribution in [3.63, 3.8) is 0 Å². The Kier molecular flexibility index (Phi) is 9.07. The fourth-order valence-corrected chi connectivity index (χ4v) is 2.45. The van der Waals surface area contributed by atoms with Gasteiger partial charge < -0.3 is 10.6 Å². The summed E-state index contributed by atoms with van der Waals surface area (Å²) in [6, 6.07) is 6.71. The number of rotatable bonds is 5. The van der Waals surface area contributed by atoms with Gasteiger partial charge in [-0.05, 0) is 52.4 Å². The highest BCUT2D eigenvalue weighted by Crippen LogP contribution is 2.11. The van der Waals surface area contributed by atoms with Gasteiger partial charge in [-0.3, -0.25) is 0 Å². The summed E-state index contributed by atoms with van der Waals surface area (Å²) in [5.41, 5.74) is 0.868. The molecule has 0 amide bonds. The Morgan fingerprint density at radius 1 is 1.17 bits per heavy atom. The van der Waals surface area contributed by atoms with Crippen molar-refractivity contribution < 1.29 is 8.42 Å². The van der Waals surface area contributed by atoms with Crippen LogP contribution in [0.15, 0.2) is 34.2 Å². The summed E-state index contributed by atoms with van der Waals surface area (Å²) < 4.78 is 25.6. The molecule has 0 aromatic heterocycles. The maximum absolute atomic E-state index is 11.7. The zero-order valence-electron chi connectivity index (χ0n) is 14.3. The Labute approximate surface area is 156 Å². The molecule has 0 heterocycles. The zero-order valence-corrected chi connectivity index (χ0v) is 17.5. The number of guanidine groups is 1. The highest BCUT2D eigenvalue weighted by Gasteiger charge is 2.12. The molecule has 6 nitrogen and oxygen atoms in total. The standard InChI is InChI=1S/C15H26N4O2S.HI/c1-6-17-14(19-15(2,3)4)18-11-12-7-9-13(10-8-12)22(20,21)16-5;/h7-10,16H,6,11H2,1-5H3,(H2,17,18,19);1H. The predicted molar refractivity (Wildman–Crippen MR) is 106 cm³/mol. The molecular formula is C15H27IN4O2S. The molecule has 3 N–H and O–H groups in total. The third-order valence-corrected chi connectivity index (χ3v) is 4.19. The second kappa shape index (κ2) is 9.43. The van der Waals surface area contributed by atoms with Crippen molar-refractivity contribution in [2.24, 2.45) is 4.99 Å². The third-order valence-electron chi connectivity index (χ3n) is 2.76. The fourth-order valence-electron chi connectivity index (χ4n) is 1.72. The highest BCUT2D eigenvalue weighted by molar-refractivity contribution is 14.0. The lowest BCUT2D eigenvalue weighted by molar-refractivity contribution is 0.501. The normalized spacial score (nSPS) is 12.5. The third kappa shape index (κ3) is 7.98. The maximum Gasteiger partial charge on any atom is 0.240 e. The number of benzene rings is 1. The minimum Gasteiger partial charge on any atom is -0.357 e. The van der Waals surface area contributed by atoms with Gasteiger partial charge in [0.2, 0.25) is 10.0 Å². The molecule has 132 valence electrons. The van der Waals surface area contributed by atoms with E-state index in [0.717, 1.165) is 18.1 Å². The molecule has 0 unspecified atom stereocenters. The van der Waals surface area contributed by atoms with Crippen LogP contribution >= 0.6 is 24.0 Å². The van der Waals surface area contributed by atoms with Crippen LogP contribution in [0.2, 0.25) is 0 Å². The molecule has 0 aliphatic carbocycles. The van der Waals surface area contributed by atoms with Crippen LogP contribution in [-0.2, 0) is 16.6 Å². The van der Waals surface area contributed by atoms with E-state index in [9.17, 15) is 8.42 Å². The van der Waals surface area contributed by atoms with Crippen LogP contribution in [0.1, 0.15) is 33.3 Å². The molecule has 0 bridgehead atoms. The summed E-state index contributed by atoms with van der Waals surface area (Å²) in [4.78, 5) is 4.76. The van der Waals surface area contributed by atoms with Crippen molar-refractivity contribution in [2.75, 3.05) is 13.6 Å². The summed E-state index contributed by atoms with van der Waals surface area (Å²) in [5, 5.41) is 6.49. The number of halogens is 1. The smallest absolute Gasteiger partial charge is 0.240 e. The average molecular weight is 454 g/mol. The first-order chi connectivity index (χ1) is 10.2. The van der Waals surface area contributed by atoms with Crippen molar-refractivity contribution in [2.45, 2.75) is 44.7 Å². The van der Waals surface area contributed by atoms with E-state index < -0.39 is 10.0 Å². The van der Waals surface area contributed by atoms with E-state index in [1.54, 1.807) is 24.3 Å². The van der Waals surface area contributed by atoms with E-state index in [4.69, 9.17) is 0 Å². The quantitative estimate of drug-likeness (QED) is 0.362. The van der Waals surface area contributed by atoms with Gasteiger partial charge in [-0.15, -0.1) is 24.0 Å². The van der Waals surface area contributed by atoms with Crippen LogP contribution in [0.4, 0.5) is 0 Å². The average Bonchev–Trinajstić information content (AvgIpc) is 2.44. The lowest BCUT2D eigenvalue weighted by atomic mass is 10.1. The molecule has 0 fully saturated rings. The van der Waals surface area contributed by atoms with Crippen molar-refractivity contribution in [3.05, 3.63) is 29.8 Å². The first kappa shape index (κ1) is 22.1. The van der Waals surface area contributed by atoms with Crippen LogP contribution in [0.3, 0.4) is 0 Å². The Balaban J connectivity index is 0.00000484. The molecule has 0 saturated heterocycles. The van der Waals surface area contributed by atoms with E-state index in [2.05, 4.69) is 41.1 Å². The summed E-state index contributed by atoms with van der Waals surface area (Å²) in [7, 11) is -1.99. The number of sulfonamides is 1. The molecular weight excluding hydrogens is 427 g/mol. The molecule has 0 aliphatic rings. The SMILES string of the molecule is CCNC(=NCc1ccc(S(=O)(=O)NC)cc1)NC(C)(C)C.I. The lowest BCUT2D eigenvalue weighted by Crippen LogP contribution is -2.47. The van der Waals surface area contributed by atoms with Crippen LogP contribution in [0, 0.1) is 0 Å². The number of aliphatic imine (C=N–C) groups is 1. The minimum atomic E-state index is -3.39. The van der Waals surface area contributed by atoms with E-state index in [-0.39, 0.29) is 34.4 Å². The zero-order chi connectivity index (χ0) is 16.8. The highest BCUT2D eigenvalue weighted by atomic mass is 127. The largest absolute Gasteiger partial charge is 0.357 e. The number of hydrogen-bond donors (Lipinski definition) is 3. The Morgan fingerprint density at radius 3 is 2.17 bits per heavy atom. The van der Waals surface area contributed by atoms with Crippen molar-refractivity contribution in [1.82, 2.24) is 15.4 Å². The molecule has 0 saturated carbocycles. The topological polar surface area (TPSA) is 82.6 Å². The maximum atomic E-state index is 11.7. The number of nitrogens with one attached hydrogen (secondary N) is 3. The van der Waals surface area contributed by atoms with Crippen molar-refractivity contribution in [3.8, 4) is 0 Å². The molecule has 0 aliphatic heterocycles. The van der Waals surface area contributed by atoms with Gasteiger partial charge in [0.05, 0.1) is 11.4 Å². The second-order valence-corrected chi connectivity index (χ2v) is 7.81. The molecule has 0 spiro atoms. The van der Waals surface area contributed by atoms with E-state index in [1.165, 1.54) is 7.05 Å². The Bertz CT molecular complexity index is 607.